The summed E-state index contributed by atoms with van der Waals surface area (Å²) in [7, 11) is 0. The third-order valence-electron chi connectivity index (χ3n) is 5.29. The van der Waals surface area contributed by atoms with Gasteiger partial charge in [-0.1, -0.05) is 6.92 Å². The highest BCUT2D eigenvalue weighted by Crippen LogP contribution is 2.25. The molecule has 0 radical (unpaired) electrons. The van der Waals surface area contributed by atoms with Crippen LogP contribution in [0.1, 0.15) is 53.4 Å². The molecular weight excluding hydrogens is 344 g/mol. The van der Waals surface area contributed by atoms with Gasteiger partial charge in [0.2, 0.25) is 5.95 Å². The number of hydrogen-bond acceptors (Lipinski definition) is 6. The molecule has 4 rings (SSSR count). The second-order valence-electron chi connectivity index (χ2n) is 7.16. The lowest BCUT2D eigenvalue weighted by molar-refractivity contribution is -0.0257. The lowest BCUT2D eigenvalue weighted by atomic mass is 10.2. The standard InChI is InChI=1S/C20H26N4O3/c1-3-16-14(2)12-17(27-16)19(25)24-10-11-26-18(13-24)15-6-7-21-20(22-15)23-8-4-5-9-23/h6-7,12,18H,3-5,8-11,13H2,1-2H3/t18-/m1/s1. The summed E-state index contributed by atoms with van der Waals surface area (Å²) in [6, 6.07) is 3.71. The minimum absolute atomic E-state index is 0.0834. The summed E-state index contributed by atoms with van der Waals surface area (Å²) in [6.07, 6.45) is 4.68. The smallest absolute Gasteiger partial charge is 0.289 e. The minimum Gasteiger partial charge on any atom is -0.456 e. The third-order valence-corrected chi connectivity index (χ3v) is 5.29. The molecule has 0 saturated carbocycles. The summed E-state index contributed by atoms with van der Waals surface area (Å²) in [5, 5.41) is 0. The molecule has 2 aliphatic rings. The molecule has 7 nitrogen and oxygen atoms in total. The second kappa shape index (κ2) is 7.68. The van der Waals surface area contributed by atoms with Crippen LogP contribution in [0.2, 0.25) is 0 Å². The van der Waals surface area contributed by atoms with Crippen molar-refractivity contribution in [3.8, 4) is 0 Å². The fourth-order valence-corrected chi connectivity index (χ4v) is 3.76. The van der Waals surface area contributed by atoms with Crippen LogP contribution in [0.4, 0.5) is 5.95 Å². The number of rotatable bonds is 4. The normalized spacial score (nSPS) is 20.3. The van der Waals surface area contributed by atoms with Gasteiger partial charge < -0.3 is 19.0 Å². The van der Waals surface area contributed by atoms with E-state index in [1.807, 2.05) is 26.0 Å². The summed E-state index contributed by atoms with van der Waals surface area (Å²) in [5.41, 5.74) is 1.85. The highest BCUT2D eigenvalue weighted by Gasteiger charge is 2.29. The molecule has 1 amide bonds. The number of carbonyl (C=O) groups is 1. The Bertz CT molecular complexity index is 813. The molecule has 144 valence electrons. The summed E-state index contributed by atoms with van der Waals surface area (Å²) >= 11 is 0. The van der Waals surface area contributed by atoms with Gasteiger partial charge in [0.1, 0.15) is 11.9 Å². The van der Waals surface area contributed by atoms with Crippen LogP contribution < -0.4 is 4.90 Å². The molecule has 2 aromatic rings. The molecule has 0 aromatic carbocycles. The van der Waals surface area contributed by atoms with Gasteiger partial charge in [0, 0.05) is 32.3 Å². The maximum absolute atomic E-state index is 12.9. The molecule has 0 N–H and O–H groups in total. The molecule has 1 atom stereocenters. The van der Waals surface area contributed by atoms with E-state index in [9.17, 15) is 4.79 Å². The van der Waals surface area contributed by atoms with Crippen LogP contribution >= 0.6 is 0 Å². The SMILES string of the molecule is CCc1oc(C(=O)N2CCO[C@@H](c3ccnc(N4CCCC4)n3)C2)cc1C. The second-order valence-corrected chi connectivity index (χ2v) is 7.16. The van der Waals surface area contributed by atoms with E-state index < -0.39 is 0 Å². The first-order valence-electron chi connectivity index (χ1n) is 9.73. The highest BCUT2D eigenvalue weighted by molar-refractivity contribution is 5.92. The summed E-state index contributed by atoms with van der Waals surface area (Å²) < 4.78 is 11.7. The van der Waals surface area contributed by atoms with E-state index in [0.717, 1.165) is 42.5 Å². The van der Waals surface area contributed by atoms with Crippen molar-refractivity contribution in [3.63, 3.8) is 0 Å². The molecule has 7 heteroatoms. The van der Waals surface area contributed by atoms with Crippen LogP contribution in [-0.2, 0) is 11.2 Å². The van der Waals surface area contributed by atoms with Gasteiger partial charge in [-0.2, -0.15) is 0 Å². The molecule has 0 unspecified atom stereocenters. The zero-order valence-corrected chi connectivity index (χ0v) is 16.0. The molecule has 2 aliphatic heterocycles. The maximum Gasteiger partial charge on any atom is 0.289 e. The first-order chi connectivity index (χ1) is 13.2. The fraction of sp³-hybridized carbons (Fsp3) is 0.550. The van der Waals surface area contributed by atoms with Gasteiger partial charge in [0.15, 0.2) is 5.76 Å². The van der Waals surface area contributed by atoms with Gasteiger partial charge in [0.05, 0.1) is 18.8 Å². The Balaban J connectivity index is 1.49. The molecule has 2 aromatic heterocycles. The summed E-state index contributed by atoms with van der Waals surface area (Å²) in [5.74, 6) is 1.95. The largest absolute Gasteiger partial charge is 0.456 e. The maximum atomic E-state index is 12.9. The van der Waals surface area contributed by atoms with E-state index in [0.29, 0.717) is 25.5 Å². The monoisotopic (exact) mass is 370 g/mol. The summed E-state index contributed by atoms with van der Waals surface area (Å²) in [4.78, 5) is 26.0. The van der Waals surface area contributed by atoms with Crippen molar-refractivity contribution in [3.05, 3.63) is 41.1 Å². The Morgan fingerprint density at radius 2 is 2.11 bits per heavy atom. The Morgan fingerprint density at radius 3 is 2.85 bits per heavy atom. The van der Waals surface area contributed by atoms with Gasteiger partial charge in [0.25, 0.3) is 5.91 Å². The van der Waals surface area contributed by atoms with Gasteiger partial charge in [-0.05, 0) is 37.5 Å². The number of carbonyl (C=O) groups excluding carboxylic acids is 1. The first kappa shape index (κ1) is 18.0. The Labute approximate surface area is 159 Å². The zero-order chi connectivity index (χ0) is 18.8. The van der Waals surface area contributed by atoms with Crippen molar-refractivity contribution < 1.29 is 13.9 Å². The van der Waals surface area contributed by atoms with Crippen molar-refractivity contribution in [1.82, 2.24) is 14.9 Å². The van der Waals surface area contributed by atoms with Crippen molar-refractivity contribution in [2.75, 3.05) is 37.7 Å². The molecule has 0 aliphatic carbocycles. The number of nitrogens with zero attached hydrogens (tertiary/aromatic N) is 4. The van der Waals surface area contributed by atoms with E-state index in [-0.39, 0.29) is 12.0 Å². The zero-order valence-electron chi connectivity index (χ0n) is 16.0. The van der Waals surface area contributed by atoms with Crippen molar-refractivity contribution in [1.29, 1.82) is 0 Å². The van der Waals surface area contributed by atoms with Crippen LogP contribution in [0.3, 0.4) is 0 Å². The molecule has 0 bridgehead atoms. The van der Waals surface area contributed by atoms with E-state index in [1.165, 1.54) is 12.8 Å². The van der Waals surface area contributed by atoms with Gasteiger partial charge >= 0.3 is 0 Å². The lowest BCUT2D eigenvalue weighted by Gasteiger charge is -2.32. The van der Waals surface area contributed by atoms with Crippen molar-refractivity contribution >= 4 is 11.9 Å². The van der Waals surface area contributed by atoms with Crippen LogP contribution in [0, 0.1) is 6.92 Å². The number of aromatic nitrogens is 2. The average Bonchev–Trinajstić information content (AvgIpc) is 3.37. The van der Waals surface area contributed by atoms with Gasteiger partial charge in [-0.3, -0.25) is 4.79 Å². The number of amides is 1. The van der Waals surface area contributed by atoms with E-state index >= 15 is 0 Å². The molecule has 2 saturated heterocycles. The predicted octanol–water partition coefficient (Wildman–Crippen LogP) is 2.75. The highest BCUT2D eigenvalue weighted by atomic mass is 16.5. The molecule has 2 fully saturated rings. The van der Waals surface area contributed by atoms with Crippen LogP contribution in [0.5, 0.6) is 0 Å². The van der Waals surface area contributed by atoms with Gasteiger partial charge in [-0.15, -0.1) is 0 Å². The van der Waals surface area contributed by atoms with Crippen LogP contribution in [-0.4, -0.2) is 53.6 Å². The quantitative estimate of drug-likeness (QED) is 0.824. The van der Waals surface area contributed by atoms with Crippen molar-refractivity contribution in [2.45, 2.75) is 39.2 Å². The van der Waals surface area contributed by atoms with E-state index in [2.05, 4.69) is 9.88 Å². The van der Waals surface area contributed by atoms with Crippen LogP contribution in [0.15, 0.2) is 22.7 Å². The number of furan rings is 1. The van der Waals surface area contributed by atoms with E-state index in [4.69, 9.17) is 14.1 Å². The summed E-state index contributed by atoms with van der Waals surface area (Å²) in [6.45, 7) is 7.51. The predicted molar refractivity (Wildman–Crippen MR) is 101 cm³/mol. The van der Waals surface area contributed by atoms with Crippen LogP contribution in [0.25, 0.3) is 0 Å². The number of ether oxygens (including phenoxy) is 1. The number of aryl methyl sites for hydroxylation is 2. The third kappa shape index (κ3) is 3.69. The lowest BCUT2D eigenvalue weighted by Crippen LogP contribution is -2.42. The van der Waals surface area contributed by atoms with Gasteiger partial charge in [-0.25, -0.2) is 9.97 Å². The molecule has 0 spiro atoms. The Morgan fingerprint density at radius 1 is 1.30 bits per heavy atom. The fourth-order valence-electron chi connectivity index (χ4n) is 3.76. The minimum atomic E-state index is -0.242. The Hall–Kier alpha value is -2.41. The number of hydrogen-bond donors (Lipinski definition) is 0. The number of anilines is 1. The average molecular weight is 370 g/mol. The van der Waals surface area contributed by atoms with Crippen molar-refractivity contribution in [2.24, 2.45) is 0 Å². The first-order valence-corrected chi connectivity index (χ1v) is 9.73. The van der Waals surface area contributed by atoms with E-state index in [1.54, 1.807) is 11.1 Å². The Kier molecular flexibility index (Phi) is 5.11. The number of morpholine rings is 1. The molecule has 4 heterocycles. The molecule has 27 heavy (non-hydrogen) atoms. The topological polar surface area (TPSA) is 71.7 Å². The molecular formula is C20H26N4O3.